The van der Waals surface area contributed by atoms with Crippen LogP contribution < -0.4 is 5.32 Å². The molecule has 3 aliphatic rings. The van der Waals surface area contributed by atoms with E-state index >= 15 is 0 Å². The van der Waals surface area contributed by atoms with Gasteiger partial charge in [-0.15, -0.1) is 0 Å². The quantitative estimate of drug-likeness (QED) is 0.892. The number of nitrogens with zero attached hydrogens (tertiary/aromatic N) is 2. The van der Waals surface area contributed by atoms with Crippen molar-refractivity contribution in [3.05, 3.63) is 41.1 Å². The zero-order valence-corrected chi connectivity index (χ0v) is 14.3. The number of rotatable bonds is 5. The number of amides is 2. The highest BCUT2D eigenvalue weighted by Gasteiger charge is 2.26. The van der Waals surface area contributed by atoms with Crippen LogP contribution in [0, 0.1) is 0 Å². The second-order valence-electron chi connectivity index (χ2n) is 7.05. The monoisotopic (exact) mass is 341 g/mol. The lowest BCUT2D eigenvalue weighted by molar-refractivity contribution is -0.130. The Hall–Kier alpha value is -2.37. The fourth-order valence-corrected chi connectivity index (χ4v) is 3.49. The van der Waals surface area contributed by atoms with Crippen molar-refractivity contribution in [2.75, 3.05) is 13.1 Å². The Balaban J connectivity index is 1.26. The normalized spacial score (nSPS) is 19.8. The third-order valence-electron chi connectivity index (χ3n) is 5.26. The maximum absolute atomic E-state index is 12.4. The first kappa shape index (κ1) is 16.1. The molecule has 2 amide bonds. The van der Waals surface area contributed by atoms with Gasteiger partial charge in [0.15, 0.2) is 11.6 Å². The molecule has 1 aliphatic heterocycles. The molecule has 0 atom stereocenters. The topological polar surface area (TPSA) is 75.4 Å². The number of aryl methyl sites for hydroxylation is 1. The lowest BCUT2D eigenvalue weighted by Gasteiger charge is -2.25. The van der Waals surface area contributed by atoms with Crippen molar-refractivity contribution in [2.45, 2.75) is 51.0 Å². The number of hydrogen-bond acceptors (Lipinski definition) is 4. The van der Waals surface area contributed by atoms with Crippen LogP contribution in [0.3, 0.4) is 0 Å². The number of allylic oxidation sites excluding steroid dienone is 1. The Morgan fingerprint density at radius 3 is 2.96 bits per heavy atom. The summed E-state index contributed by atoms with van der Waals surface area (Å²) in [5, 5.41) is 2.94. The van der Waals surface area contributed by atoms with Crippen LogP contribution in [0.2, 0.25) is 0 Å². The van der Waals surface area contributed by atoms with E-state index in [0.29, 0.717) is 31.0 Å². The molecule has 1 saturated carbocycles. The Morgan fingerprint density at radius 1 is 1.32 bits per heavy atom. The average Bonchev–Trinajstić information content (AvgIpc) is 3.22. The molecule has 1 aromatic heterocycles. The maximum atomic E-state index is 12.4. The Kier molecular flexibility index (Phi) is 4.42. The van der Waals surface area contributed by atoms with Gasteiger partial charge in [-0.2, -0.15) is 0 Å². The Morgan fingerprint density at radius 2 is 2.20 bits per heavy atom. The summed E-state index contributed by atoms with van der Waals surface area (Å²) >= 11 is 0. The summed E-state index contributed by atoms with van der Waals surface area (Å²) in [6.45, 7) is 1.46. The van der Waals surface area contributed by atoms with Gasteiger partial charge in [-0.05, 0) is 43.3 Å². The molecule has 1 N–H and O–H groups in total. The van der Waals surface area contributed by atoms with Gasteiger partial charge in [-0.1, -0.05) is 12.2 Å². The molecule has 0 aromatic carbocycles. The first-order valence-corrected chi connectivity index (χ1v) is 9.09. The third-order valence-corrected chi connectivity index (χ3v) is 5.26. The summed E-state index contributed by atoms with van der Waals surface area (Å²) in [5.41, 5.74) is 2.99. The van der Waals surface area contributed by atoms with E-state index in [0.717, 1.165) is 32.2 Å². The number of oxazole rings is 1. The minimum atomic E-state index is -0.186. The van der Waals surface area contributed by atoms with Crippen LogP contribution in [0.5, 0.6) is 0 Å². The highest BCUT2D eigenvalue weighted by atomic mass is 16.3. The summed E-state index contributed by atoms with van der Waals surface area (Å²) in [6, 6.07) is 0.275. The molecule has 1 aromatic rings. The smallest absolute Gasteiger partial charge is 0.273 e. The second kappa shape index (κ2) is 6.86. The van der Waals surface area contributed by atoms with Crippen LogP contribution in [0.1, 0.15) is 54.9 Å². The SMILES string of the molecule is O=C(NC1CCC1)c1coc(CCC(=O)N2CC3=C(CCC=C3)C2)n1. The molecule has 4 rings (SSSR count). The minimum absolute atomic E-state index is 0.112. The first-order chi connectivity index (χ1) is 12.2. The van der Waals surface area contributed by atoms with Gasteiger partial charge in [0.2, 0.25) is 5.91 Å². The molecule has 0 radical (unpaired) electrons. The molecular formula is C19H23N3O3. The molecule has 0 bridgehead atoms. The van der Waals surface area contributed by atoms with Gasteiger partial charge >= 0.3 is 0 Å². The predicted molar refractivity (Wildman–Crippen MR) is 91.9 cm³/mol. The molecular weight excluding hydrogens is 318 g/mol. The van der Waals surface area contributed by atoms with E-state index in [1.807, 2.05) is 4.90 Å². The fraction of sp³-hybridized carbons (Fsp3) is 0.526. The first-order valence-electron chi connectivity index (χ1n) is 9.09. The Bertz CT molecular complexity index is 743. The van der Waals surface area contributed by atoms with Gasteiger partial charge in [0.25, 0.3) is 5.91 Å². The van der Waals surface area contributed by atoms with E-state index in [4.69, 9.17) is 4.42 Å². The van der Waals surface area contributed by atoms with Crippen molar-refractivity contribution in [2.24, 2.45) is 0 Å². The van der Waals surface area contributed by atoms with Crippen LogP contribution in [-0.4, -0.2) is 40.8 Å². The molecule has 6 nitrogen and oxygen atoms in total. The van der Waals surface area contributed by atoms with Crippen molar-refractivity contribution >= 4 is 11.8 Å². The lowest BCUT2D eigenvalue weighted by Crippen LogP contribution is -2.39. The van der Waals surface area contributed by atoms with Crippen molar-refractivity contribution in [1.82, 2.24) is 15.2 Å². The molecule has 0 spiro atoms. The second-order valence-corrected chi connectivity index (χ2v) is 7.05. The van der Waals surface area contributed by atoms with E-state index in [9.17, 15) is 9.59 Å². The highest BCUT2D eigenvalue weighted by Crippen LogP contribution is 2.27. The van der Waals surface area contributed by atoms with Crippen molar-refractivity contribution in [1.29, 1.82) is 0 Å². The van der Waals surface area contributed by atoms with E-state index in [2.05, 4.69) is 22.5 Å². The number of carbonyl (C=O) groups is 2. The highest BCUT2D eigenvalue weighted by molar-refractivity contribution is 5.92. The Labute approximate surface area is 147 Å². The summed E-state index contributed by atoms with van der Waals surface area (Å²) in [5.74, 6) is 0.375. The van der Waals surface area contributed by atoms with Gasteiger partial charge in [0.1, 0.15) is 6.26 Å². The lowest BCUT2D eigenvalue weighted by atomic mass is 9.93. The largest absolute Gasteiger partial charge is 0.448 e. The molecule has 0 saturated heterocycles. The van der Waals surface area contributed by atoms with Crippen LogP contribution in [-0.2, 0) is 11.2 Å². The molecule has 1 fully saturated rings. The standard InChI is InChI=1S/C19H23N3O3/c23-18(22-10-13-4-1-2-5-14(13)11-22)9-8-17-21-16(12-25-17)19(24)20-15-6-3-7-15/h1,4,12,15H,2-3,5-11H2,(H,20,24). The van der Waals surface area contributed by atoms with E-state index < -0.39 is 0 Å². The van der Waals surface area contributed by atoms with Gasteiger partial charge in [-0.3, -0.25) is 9.59 Å². The van der Waals surface area contributed by atoms with Crippen LogP contribution >= 0.6 is 0 Å². The predicted octanol–water partition coefficient (Wildman–Crippen LogP) is 2.38. The maximum Gasteiger partial charge on any atom is 0.273 e. The summed E-state index contributed by atoms with van der Waals surface area (Å²) in [4.78, 5) is 30.6. The number of carbonyl (C=O) groups excluding carboxylic acids is 2. The molecule has 25 heavy (non-hydrogen) atoms. The summed E-state index contributed by atoms with van der Waals surface area (Å²) in [6.07, 6.45) is 11.9. The van der Waals surface area contributed by atoms with E-state index in [-0.39, 0.29) is 17.9 Å². The van der Waals surface area contributed by atoms with E-state index in [1.54, 1.807) is 0 Å². The van der Waals surface area contributed by atoms with Crippen LogP contribution in [0.4, 0.5) is 0 Å². The average molecular weight is 341 g/mol. The van der Waals surface area contributed by atoms with Crippen molar-refractivity contribution < 1.29 is 14.0 Å². The molecule has 6 heteroatoms. The summed E-state index contributed by atoms with van der Waals surface area (Å²) in [7, 11) is 0. The van der Waals surface area contributed by atoms with Crippen molar-refractivity contribution in [3.8, 4) is 0 Å². The zero-order valence-electron chi connectivity index (χ0n) is 14.3. The molecule has 2 heterocycles. The van der Waals surface area contributed by atoms with Gasteiger partial charge in [0.05, 0.1) is 0 Å². The number of hydrogen-bond donors (Lipinski definition) is 1. The van der Waals surface area contributed by atoms with E-state index in [1.165, 1.54) is 23.8 Å². The fourth-order valence-electron chi connectivity index (χ4n) is 3.49. The third kappa shape index (κ3) is 3.52. The van der Waals surface area contributed by atoms with Gasteiger partial charge in [-0.25, -0.2) is 4.98 Å². The van der Waals surface area contributed by atoms with Gasteiger partial charge < -0.3 is 14.6 Å². The number of aromatic nitrogens is 1. The minimum Gasteiger partial charge on any atom is -0.448 e. The van der Waals surface area contributed by atoms with Crippen LogP contribution in [0.15, 0.2) is 34.0 Å². The van der Waals surface area contributed by atoms with Crippen molar-refractivity contribution in [3.63, 3.8) is 0 Å². The van der Waals surface area contributed by atoms with Crippen LogP contribution in [0.25, 0.3) is 0 Å². The zero-order chi connectivity index (χ0) is 17.2. The molecule has 132 valence electrons. The number of nitrogens with one attached hydrogen (secondary N) is 1. The molecule has 2 aliphatic carbocycles. The molecule has 0 unspecified atom stereocenters. The van der Waals surface area contributed by atoms with Gasteiger partial charge in [0, 0.05) is 32.0 Å². The summed E-state index contributed by atoms with van der Waals surface area (Å²) < 4.78 is 5.36.